The molecule has 0 unspecified atom stereocenters. The second-order valence-corrected chi connectivity index (χ2v) is 4.68. The molecule has 0 aromatic heterocycles. The highest BCUT2D eigenvalue weighted by atomic mass is 32.2. The summed E-state index contributed by atoms with van der Waals surface area (Å²) in [5, 5.41) is 4.68. The summed E-state index contributed by atoms with van der Waals surface area (Å²) < 4.78 is 59.1. The molecule has 0 amide bonds. The Labute approximate surface area is 89.5 Å². The molecule has 84 valence electrons. The van der Waals surface area contributed by atoms with Crippen molar-refractivity contribution in [2.45, 2.75) is 16.0 Å². The van der Waals surface area contributed by atoms with Crippen LogP contribution in [-0.4, -0.2) is 8.42 Å². The molecule has 2 N–H and O–H groups in total. The van der Waals surface area contributed by atoms with Crippen LogP contribution >= 0.6 is 12.6 Å². The first-order chi connectivity index (χ1) is 6.64. The molecule has 0 spiro atoms. The molecule has 1 aromatic carbocycles. The Morgan fingerprint density at radius 2 is 1.80 bits per heavy atom. The summed E-state index contributed by atoms with van der Waals surface area (Å²) in [6.45, 7) is 0. The molecule has 0 atom stereocenters. The van der Waals surface area contributed by atoms with E-state index in [9.17, 15) is 21.6 Å². The standard InChI is InChI=1S/C7H6F3NO2S2/c8-7(9,10)4-2-1-3-5(14)6(4)15(11,12)13/h1-3,14H,(H2,11,12,13). The van der Waals surface area contributed by atoms with Crippen LogP contribution in [-0.2, 0) is 16.2 Å². The van der Waals surface area contributed by atoms with E-state index >= 15 is 0 Å². The molecule has 1 rings (SSSR count). The molecule has 0 aliphatic carbocycles. The normalized spacial score (nSPS) is 12.9. The van der Waals surface area contributed by atoms with E-state index in [1.807, 2.05) is 0 Å². The minimum absolute atomic E-state index is 0.327. The Kier molecular flexibility index (Phi) is 3.04. The minimum atomic E-state index is -4.78. The lowest BCUT2D eigenvalue weighted by Crippen LogP contribution is -2.19. The van der Waals surface area contributed by atoms with Crippen molar-refractivity contribution in [2.75, 3.05) is 0 Å². The van der Waals surface area contributed by atoms with Crippen LogP contribution in [0.4, 0.5) is 13.2 Å². The molecule has 0 aliphatic rings. The number of hydrogen-bond donors (Lipinski definition) is 2. The molecule has 1 aromatic rings. The summed E-state index contributed by atoms with van der Waals surface area (Å²) in [7, 11) is -4.44. The van der Waals surface area contributed by atoms with Gasteiger partial charge in [-0.15, -0.1) is 12.6 Å². The van der Waals surface area contributed by atoms with E-state index in [1.165, 1.54) is 0 Å². The Balaban J connectivity index is 3.63. The Morgan fingerprint density at radius 3 is 2.13 bits per heavy atom. The Morgan fingerprint density at radius 1 is 1.27 bits per heavy atom. The summed E-state index contributed by atoms with van der Waals surface area (Å²) >= 11 is 3.63. The molecule has 3 nitrogen and oxygen atoms in total. The van der Waals surface area contributed by atoms with Crippen LogP contribution in [0, 0.1) is 0 Å². The summed E-state index contributed by atoms with van der Waals surface area (Å²) in [6, 6.07) is 2.82. The highest BCUT2D eigenvalue weighted by molar-refractivity contribution is 7.90. The van der Waals surface area contributed by atoms with Crippen molar-refractivity contribution in [2.24, 2.45) is 5.14 Å². The van der Waals surface area contributed by atoms with E-state index in [2.05, 4.69) is 17.8 Å². The van der Waals surface area contributed by atoms with Gasteiger partial charge in [0.1, 0.15) is 4.90 Å². The topological polar surface area (TPSA) is 60.2 Å². The van der Waals surface area contributed by atoms with Gasteiger partial charge in [0, 0.05) is 4.90 Å². The molecule has 0 radical (unpaired) electrons. The van der Waals surface area contributed by atoms with Crippen LogP contribution < -0.4 is 5.14 Å². The van der Waals surface area contributed by atoms with Crippen LogP contribution in [0.3, 0.4) is 0 Å². The smallest absolute Gasteiger partial charge is 0.225 e. The van der Waals surface area contributed by atoms with Gasteiger partial charge in [0.2, 0.25) is 10.0 Å². The van der Waals surface area contributed by atoms with Crippen LogP contribution in [0.25, 0.3) is 0 Å². The second-order valence-electron chi connectivity index (χ2n) is 2.70. The first kappa shape index (κ1) is 12.3. The van der Waals surface area contributed by atoms with Crippen molar-refractivity contribution in [3.8, 4) is 0 Å². The first-order valence-electron chi connectivity index (χ1n) is 3.56. The van der Waals surface area contributed by atoms with Gasteiger partial charge in [-0.1, -0.05) is 6.07 Å². The van der Waals surface area contributed by atoms with E-state index in [4.69, 9.17) is 0 Å². The van der Waals surface area contributed by atoms with Crippen LogP contribution in [0.1, 0.15) is 5.56 Å². The van der Waals surface area contributed by atoms with Gasteiger partial charge in [-0.25, -0.2) is 13.6 Å². The zero-order chi connectivity index (χ0) is 11.9. The number of primary sulfonamides is 1. The number of hydrogen-bond acceptors (Lipinski definition) is 3. The van der Waals surface area contributed by atoms with Crippen LogP contribution in [0.5, 0.6) is 0 Å². The van der Waals surface area contributed by atoms with Gasteiger partial charge >= 0.3 is 6.18 Å². The third-order valence-electron chi connectivity index (χ3n) is 1.58. The molecule has 8 heteroatoms. The van der Waals surface area contributed by atoms with Gasteiger partial charge < -0.3 is 0 Å². The van der Waals surface area contributed by atoms with Crippen molar-refractivity contribution in [3.63, 3.8) is 0 Å². The fourth-order valence-corrected chi connectivity index (χ4v) is 2.49. The lowest BCUT2D eigenvalue weighted by atomic mass is 10.2. The summed E-state index contributed by atoms with van der Waals surface area (Å²) in [4.78, 5) is -1.33. The second kappa shape index (κ2) is 3.69. The third-order valence-corrected chi connectivity index (χ3v) is 3.12. The van der Waals surface area contributed by atoms with Gasteiger partial charge in [0.15, 0.2) is 0 Å². The molecular formula is C7H6F3NO2S2. The van der Waals surface area contributed by atoms with Crippen LogP contribution in [0.15, 0.2) is 28.0 Å². The molecular weight excluding hydrogens is 251 g/mol. The van der Waals surface area contributed by atoms with Crippen LogP contribution in [0.2, 0.25) is 0 Å². The number of nitrogens with two attached hydrogens (primary N) is 1. The number of benzene rings is 1. The highest BCUT2D eigenvalue weighted by Crippen LogP contribution is 2.36. The number of sulfonamides is 1. The fraction of sp³-hybridized carbons (Fsp3) is 0.143. The van der Waals surface area contributed by atoms with E-state index in [-0.39, 0.29) is 4.90 Å². The number of halogens is 3. The largest absolute Gasteiger partial charge is 0.417 e. The third kappa shape index (κ3) is 2.64. The van der Waals surface area contributed by atoms with E-state index < -0.39 is 26.7 Å². The minimum Gasteiger partial charge on any atom is -0.225 e. The SMILES string of the molecule is NS(=O)(=O)c1c(S)cccc1C(F)(F)F. The maximum atomic E-state index is 12.4. The van der Waals surface area contributed by atoms with Crippen molar-refractivity contribution in [3.05, 3.63) is 23.8 Å². The summed E-state index contributed by atoms with van der Waals surface area (Å²) in [6.07, 6.45) is -4.78. The van der Waals surface area contributed by atoms with Crippen molar-refractivity contribution in [1.82, 2.24) is 0 Å². The monoisotopic (exact) mass is 257 g/mol. The summed E-state index contributed by atoms with van der Waals surface area (Å²) in [5.74, 6) is 0. The molecule has 0 saturated carbocycles. The van der Waals surface area contributed by atoms with Crippen molar-refractivity contribution in [1.29, 1.82) is 0 Å². The van der Waals surface area contributed by atoms with Gasteiger partial charge in [-0.3, -0.25) is 0 Å². The van der Waals surface area contributed by atoms with Gasteiger partial charge in [0.05, 0.1) is 5.56 Å². The Hall–Kier alpha value is -0.730. The zero-order valence-corrected chi connectivity index (χ0v) is 8.83. The summed E-state index contributed by atoms with van der Waals surface area (Å²) in [5.41, 5.74) is -1.31. The van der Waals surface area contributed by atoms with Gasteiger partial charge in [-0.2, -0.15) is 13.2 Å². The molecule has 0 fully saturated rings. The lowest BCUT2D eigenvalue weighted by Gasteiger charge is -2.12. The average molecular weight is 257 g/mol. The van der Waals surface area contributed by atoms with Gasteiger partial charge in [0.25, 0.3) is 0 Å². The zero-order valence-electron chi connectivity index (χ0n) is 7.12. The maximum absolute atomic E-state index is 12.4. The van der Waals surface area contributed by atoms with E-state index in [0.29, 0.717) is 6.07 Å². The molecule has 0 heterocycles. The predicted octanol–water partition coefficient (Wildman–Crippen LogP) is 1.64. The molecule has 0 bridgehead atoms. The lowest BCUT2D eigenvalue weighted by molar-refractivity contribution is -0.140. The van der Waals surface area contributed by atoms with Crippen molar-refractivity contribution >= 4 is 22.7 Å². The maximum Gasteiger partial charge on any atom is 0.417 e. The predicted molar refractivity (Wildman–Crippen MR) is 50.1 cm³/mol. The number of alkyl halides is 3. The van der Waals surface area contributed by atoms with E-state index in [1.54, 1.807) is 0 Å². The molecule has 0 saturated heterocycles. The number of rotatable bonds is 1. The van der Waals surface area contributed by atoms with Crippen molar-refractivity contribution < 1.29 is 21.6 Å². The molecule has 0 aliphatic heterocycles. The quantitative estimate of drug-likeness (QED) is 0.751. The first-order valence-corrected chi connectivity index (χ1v) is 5.55. The Bertz CT molecular complexity index is 481. The fourth-order valence-electron chi connectivity index (χ4n) is 1.05. The highest BCUT2D eigenvalue weighted by Gasteiger charge is 2.37. The molecule has 15 heavy (non-hydrogen) atoms. The van der Waals surface area contributed by atoms with E-state index in [0.717, 1.165) is 12.1 Å². The average Bonchev–Trinajstić information content (AvgIpc) is 1.99. The number of thiol groups is 1. The van der Waals surface area contributed by atoms with Gasteiger partial charge in [-0.05, 0) is 12.1 Å².